The van der Waals surface area contributed by atoms with Gasteiger partial charge < -0.3 is 11.1 Å². The zero-order valence-corrected chi connectivity index (χ0v) is 9.46. The van der Waals surface area contributed by atoms with Gasteiger partial charge in [-0.1, -0.05) is 13.3 Å². The second kappa shape index (κ2) is 4.10. The highest BCUT2D eigenvalue weighted by atomic mass is 16.2. The summed E-state index contributed by atoms with van der Waals surface area (Å²) in [6.45, 7) is 4.42. The average Bonchev–Trinajstić information content (AvgIpc) is 2.85. The Bertz CT molecular complexity index is 244. The molecule has 86 valence electrons. The van der Waals surface area contributed by atoms with Crippen LogP contribution in [-0.2, 0) is 4.79 Å². The first-order valence-corrected chi connectivity index (χ1v) is 5.92. The third-order valence-corrected chi connectivity index (χ3v) is 3.13. The van der Waals surface area contributed by atoms with E-state index in [1.807, 2.05) is 0 Å². The number of amides is 1. The van der Waals surface area contributed by atoms with Crippen LogP contribution in [0.5, 0.6) is 0 Å². The lowest BCUT2D eigenvalue weighted by Crippen LogP contribution is -2.68. The number of nitrogens with zero attached hydrogens (tertiary/aromatic N) is 1. The summed E-state index contributed by atoms with van der Waals surface area (Å²) in [7, 11) is 0. The Morgan fingerprint density at radius 2 is 2.20 bits per heavy atom. The molecule has 1 aliphatic heterocycles. The van der Waals surface area contributed by atoms with E-state index in [1.165, 1.54) is 0 Å². The highest BCUT2D eigenvalue weighted by molar-refractivity contribution is 5.78. The number of rotatable bonds is 5. The van der Waals surface area contributed by atoms with Gasteiger partial charge in [0.15, 0.2) is 0 Å². The molecule has 1 amide bonds. The highest BCUT2D eigenvalue weighted by Gasteiger charge is 2.39. The molecular formula is C11H21N3O. The van der Waals surface area contributed by atoms with Crippen LogP contribution in [0.15, 0.2) is 0 Å². The summed E-state index contributed by atoms with van der Waals surface area (Å²) >= 11 is 0. The molecule has 2 fully saturated rings. The van der Waals surface area contributed by atoms with Crippen LogP contribution in [0.3, 0.4) is 0 Å². The van der Waals surface area contributed by atoms with Crippen LogP contribution in [-0.4, -0.2) is 42.0 Å². The summed E-state index contributed by atoms with van der Waals surface area (Å²) in [6.07, 6.45) is 4.50. The third-order valence-electron chi connectivity index (χ3n) is 3.13. The monoisotopic (exact) mass is 211 g/mol. The minimum atomic E-state index is -0.0192. The van der Waals surface area contributed by atoms with Crippen molar-refractivity contribution >= 4 is 5.91 Å². The SMILES string of the molecule is CCCC1(N)CN(CC(=O)NC2CC2)C1. The zero-order valence-electron chi connectivity index (χ0n) is 9.46. The number of carbonyl (C=O) groups is 1. The summed E-state index contributed by atoms with van der Waals surface area (Å²) in [5, 5.41) is 2.99. The van der Waals surface area contributed by atoms with Crippen molar-refractivity contribution in [2.24, 2.45) is 5.73 Å². The maximum atomic E-state index is 11.5. The second-order valence-corrected chi connectivity index (χ2v) is 5.10. The summed E-state index contributed by atoms with van der Waals surface area (Å²) in [5.41, 5.74) is 6.10. The highest BCUT2D eigenvalue weighted by Crippen LogP contribution is 2.23. The number of likely N-dealkylation sites (tertiary alicyclic amines) is 1. The van der Waals surface area contributed by atoms with Crippen LogP contribution in [0, 0.1) is 0 Å². The van der Waals surface area contributed by atoms with Crippen molar-refractivity contribution in [3.05, 3.63) is 0 Å². The fourth-order valence-electron chi connectivity index (χ4n) is 2.32. The van der Waals surface area contributed by atoms with Gasteiger partial charge >= 0.3 is 0 Å². The van der Waals surface area contributed by atoms with Gasteiger partial charge in [-0.3, -0.25) is 9.69 Å². The van der Waals surface area contributed by atoms with E-state index in [1.54, 1.807) is 0 Å². The second-order valence-electron chi connectivity index (χ2n) is 5.10. The molecule has 0 atom stereocenters. The number of hydrogen-bond acceptors (Lipinski definition) is 3. The summed E-state index contributed by atoms with van der Waals surface area (Å²) in [4.78, 5) is 13.6. The lowest BCUT2D eigenvalue weighted by molar-refractivity contribution is -0.124. The average molecular weight is 211 g/mol. The van der Waals surface area contributed by atoms with Crippen LogP contribution in [0.25, 0.3) is 0 Å². The van der Waals surface area contributed by atoms with Crippen molar-refractivity contribution in [3.8, 4) is 0 Å². The predicted molar refractivity (Wildman–Crippen MR) is 59.4 cm³/mol. The first-order valence-electron chi connectivity index (χ1n) is 5.92. The Hall–Kier alpha value is -0.610. The minimum Gasteiger partial charge on any atom is -0.352 e. The van der Waals surface area contributed by atoms with Crippen molar-refractivity contribution in [1.82, 2.24) is 10.2 Å². The molecule has 2 rings (SSSR count). The standard InChI is InChI=1S/C11H21N3O/c1-2-5-11(12)7-14(8-11)6-10(15)13-9-3-4-9/h9H,2-8,12H2,1H3,(H,13,15). The van der Waals surface area contributed by atoms with Crippen LogP contribution >= 0.6 is 0 Å². The molecule has 15 heavy (non-hydrogen) atoms. The Morgan fingerprint density at radius 1 is 1.53 bits per heavy atom. The molecule has 0 aromatic rings. The Labute approximate surface area is 91.2 Å². The summed E-state index contributed by atoms with van der Waals surface area (Å²) in [6, 6.07) is 0.469. The molecule has 4 nitrogen and oxygen atoms in total. The van der Waals surface area contributed by atoms with Gasteiger partial charge in [-0.25, -0.2) is 0 Å². The molecule has 2 aliphatic rings. The lowest BCUT2D eigenvalue weighted by atomic mass is 9.86. The van der Waals surface area contributed by atoms with Crippen LogP contribution < -0.4 is 11.1 Å². The molecule has 0 unspecified atom stereocenters. The van der Waals surface area contributed by atoms with Gasteiger partial charge in [0.05, 0.1) is 6.54 Å². The van der Waals surface area contributed by atoms with Gasteiger partial charge in [0.1, 0.15) is 0 Å². The maximum absolute atomic E-state index is 11.5. The molecule has 4 heteroatoms. The van der Waals surface area contributed by atoms with E-state index in [4.69, 9.17) is 5.73 Å². The van der Waals surface area contributed by atoms with E-state index >= 15 is 0 Å². The molecule has 0 bridgehead atoms. The predicted octanol–water partition coefficient (Wildman–Crippen LogP) is 0.0782. The third kappa shape index (κ3) is 2.92. The fraction of sp³-hybridized carbons (Fsp3) is 0.909. The normalized spacial score (nSPS) is 24.7. The van der Waals surface area contributed by atoms with Crippen LogP contribution in [0.4, 0.5) is 0 Å². The molecule has 0 aromatic carbocycles. The Kier molecular flexibility index (Phi) is 2.98. The van der Waals surface area contributed by atoms with Crippen molar-refractivity contribution < 1.29 is 4.79 Å². The van der Waals surface area contributed by atoms with Gasteiger partial charge in [0.25, 0.3) is 0 Å². The van der Waals surface area contributed by atoms with Gasteiger partial charge in [-0.05, 0) is 19.3 Å². The lowest BCUT2D eigenvalue weighted by Gasteiger charge is -2.47. The van der Waals surface area contributed by atoms with Gasteiger partial charge in [0, 0.05) is 24.7 Å². The molecule has 1 heterocycles. The van der Waals surface area contributed by atoms with Gasteiger partial charge in [-0.2, -0.15) is 0 Å². The molecule has 1 saturated carbocycles. The first kappa shape index (κ1) is 10.9. The Balaban J connectivity index is 1.63. The van der Waals surface area contributed by atoms with E-state index in [2.05, 4.69) is 17.1 Å². The molecule has 1 saturated heterocycles. The van der Waals surface area contributed by atoms with E-state index in [-0.39, 0.29) is 11.4 Å². The molecule has 3 N–H and O–H groups in total. The summed E-state index contributed by atoms with van der Waals surface area (Å²) < 4.78 is 0. The van der Waals surface area contributed by atoms with Crippen molar-refractivity contribution in [2.45, 2.75) is 44.2 Å². The first-order chi connectivity index (χ1) is 7.11. The van der Waals surface area contributed by atoms with Crippen molar-refractivity contribution in [1.29, 1.82) is 0 Å². The van der Waals surface area contributed by atoms with E-state index in [0.29, 0.717) is 12.6 Å². The van der Waals surface area contributed by atoms with Crippen molar-refractivity contribution in [3.63, 3.8) is 0 Å². The molecule has 1 aliphatic carbocycles. The number of nitrogens with two attached hydrogens (primary N) is 1. The summed E-state index contributed by atoms with van der Waals surface area (Å²) in [5.74, 6) is 0.163. The largest absolute Gasteiger partial charge is 0.352 e. The zero-order chi connectivity index (χ0) is 10.9. The minimum absolute atomic E-state index is 0.0192. The fourth-order valence-corrected chi connectivity index (χ4v) is 2.32. The molecular weight excluding hydrogens is 190 g/mol. The van der Waals surface area contributed by atoms with Crippen LogP contribution in [0.1, 0.15) is 32.6 Å². The van der Waals surface area contributed by atoms with Gasteiger partial charge in [0.2, 0.25) is 5.91 Å². The maximum Gasteiger partial charge on any atom is 0.234 e. The van der Waals surface area contributed by atoms with Crippen LogP contribution in [0.2, 0.25) is 0 Å². The molecule has 0 radical (unpaired) electrons. The number of hydrogen-bond donors (Lipinski definition) is 2. The van der Waals surface area contributed by atoms with Gasteiger partial charge in [-0.15, -0.1) is 0 Å². The van der Waals surface area contributed by atoms with E-state index < -0.39 is 0 Å². The quantitative estimate of drug-likeness (QED) is 0.677. The number of nitrogens with one attached hydrogen (secondary N) is 1. The smallest absolute Gasteiger partial charge is 0.234 e. The van der Waals surface area contributed by atoms with E-state index in [0.717, 1.165) is 38.8 Å². The Morgan fingerprint density at radius 3 is 2.73 bits per heavy atom. The van der Waals surface area contributed by atoms with E-state index in [9.17, 15) is 4.79 Å². The van der Waals surface area contributed by atoms with Crippen molar-refractivity contribution in [2.75, 3.05) is 19.6 Å². The molecule has 0 spiro atoms. The topological polar surface area (TPSA) is 58.4 Å². The molecule has 0 aromatic heterocycles. The number of carbonyl (C=O) groups excluding carboxylic acids is 1.